The maximum atomic E-state index is 13.1. The smallest absolute Gasteiger partial charge is 0.295 e. The molecule has 1 fully saturated rings. The number of carbonyl (C=O) groups is 2. The van der Waals surface area contributed by atoms with Gasteiger partial charge < -0.3 is 19.5 Å². The van der Waals surface area contributed by atoms with E-state index in [-0.39, 0.29) is 24.5 Å². The van der Waals surface area contributed by atoms with Crippen LogP contribution in [0.4, 0.5) is 0 Å². The van der Waals surface area contributed by atoms with Crippen LogP contribution in [0, 0.1) is 0 Å². The molecule has 4 rings (SSSR count). The van der Waals surface area contributed by atoms with Crippen molar-refractivity contribution in [1.82, 2.24) is 4.90 Å². The minimum Gasteiger partial charge on any atom is -0.507 e. The summed E-state index contributed by atoms with van der Waals surface area (Å²) in [7, 11) is 1.54. The lowest BCUT2D eigenvalue weighted by atomic mass is 9.93. The molecule has 1 aliphatic heterocycles. The summed E-state index contributed by atoms with van der Waals surface area (Å²) in [6, 6.07) is 19.6. The van der Waals surface area contributed by atoms with Gasteiger partial charge >= 0.3 is 0 Å². The molecule has 6 heteroatoms. The average Bonchev–Trinajstić information content (AvgIpc) is 3.07. The molecule has 1 heterocycles. The number of nitrogens with zero attached hydrogens (tertiary/aromatic N) is 1. The Balaban J connectivity index is 1.88. The molecule has 0 bridgehead atoms. The summed E-state index contributed by atoms with van der Waals surface area (Å²) in [5.41, 5.74) is 1.31. The summed E-state index contributed by atoms with van der Waals surface area (Å²) in [4.78, 5) is 27.5. The van der Waals surface area contributed by atoms with Crippen molar-refractivity contribution in [3.63, 3.8) is 0 Å². The average molecular weight is 431 g/mol. The molecule has 3 aromatic rings. The van der Waals surface area contributed by atoms with Gasteiger partial charge in [0.25, 0.3) is 11.7 Å². The molecule has 32 heavy (non-hydrogen) atoms. The van der Waals surface area contributed by atoms with Crippen LogP contribution in [-0.4, -0.2) is 48.6 Å². The number of aliphatic hydroxyl groups is 1. The summed E-state index contributed by atoms with van der Waals surface area (Å²) in [5.74, 6) is -0.841. The first-order chi connectivity index (χ1) is 15.6. The Hall–Kier alpha value is -3.64. The highest BCUT2D eigenvalue weighted by atomic mass is 16.5. The van der Waals surface area contributed by atoms with Crippen molar-refractivity contribution in [3.05, 3.63) is 83.4 Å². The first-order valence-corrected chi connectivity index (χ1v) is 10.5. The number of methoxy groups -OCH3 is 1. The van der Waals surface area contributed by atoms with Crippen LogP contribution in [0.1, 0.15) is 24.1 Å². The highest BCUT2D eigenvalue weighted by molar-refractivity contribution is 6.46. The number of amides is 1. The second kappa shape index (κ2) is 9.24. The molecule has 0 spiro atoms. The third kappa shape index (κ3) is 3.85. The highest BCUT2D eigenvalue weighted by Crippen LogP contribution is 2.40. The van der Waals surface area contributed by atoms with Gasteiger partial charge in [0.2, 0.25) is 0 Å². The molecule has 1 atom stereocenters. The normalized spacial score (nSPS) is 17.8. The lowest BCUT2D eigenvalue weighted by Gasteiger charge is -2.25. The molecule has 1 saturated heterocycles. The van der Waals surface area contributed by atoms with Gasteiger partial charge in [-0.25, -0.2) is 0 Å². The van der Waals surface area contributed by atoms with E-state index < -0.39 is 17.7 Å². The first-order valence-electron chi connectivity index (χ1n) is 10.5. The molecule has 0 saturated carbocycles. The van der Waals surface area contributed by atoms with Crippen LogP contribution in [-0.2, 0) is 14.3 Å². The largest absolute Gasteiger partial charge is 0.507 e. The number of ether oxygens (including phenoxy) is 2. The second-order valence-corrected chi connectivity index (χ2v) is 7.51. The maximum Gasteiger partial charge on any atom is 0.295 e. The molecule has 1 aliphatic rings. The van der Waals surface area contributed by atoms with Crippen molar-refractivity contribution in [2.24, 2.45) is 0 Å². The number of benzene rings is 3. The van der Waals surface area contributed by atoms with E-state index >= 15 is 0 Å². The van der Waals surface area contributed by atoms with E-state index in [0.717, 1.165) is 10.8 Å². The second-order valence-electron chi connectivity index (χ2n) is 7.51. The van der Waals surface area contributed by atoms with Crippen molar-refractivity contribution in [2.45, 2.75) is 13.0 Å². The molecule has 1 N–H and O–H groups in total. The van der Waals surface area contributed by atoms with Crippen LogP contribution in [0.15, 0.2) is 72.3 Å². The van der Waals surface area contributed by atoms with E-state index in [1.807, 2.05) is 55.5 Å². The number of Topliss-reactive ketones (excluding diaryl/α,β-unsaturated/α-hetero) is 1. The zero-order valence-electron chi connectivity index (χ0n) is 18.1. The van der Waals surface area contributed by atoms with Crippen molar-refractivity contribution in [2.75, 3.05) is 26.9 Å². The topological polar surface area (TPSA) is 76.1 Å². The molecule has 0 radical (unpaired) electrons. The van der Waals surface area contributed by atoms with E-state index in [1.54, 1.807) is 25.3 Å². The summed E-state index contributed by atoms with van der Waals surface area (Å²) in [5, 5.41) is 13.1. The van der Waals surface area contributed by atoms with E-state index in [1.165, 1.54) is 4.90 Å². The van der Waals surface area contributed by atoms with Crippen molar-refractivity contribution >= 4 is 28.2 Å². The fourth-order valence-corrected chi connectivity index (χ4v) is 4.14. The van der Waals surface area contributed by atoms with E-state index in [9.17, 15) is 14.7 Å². The standard InChI is InChI=1S/C26H25NO5/c1-3-32-19-13-11-18(12-14-19)23-22(25(29)26(30)27(23)15-16-31-2)24(28)21-10-6-8-17-7-4-5-9-20(17)21/h4-14,23,28H,3,15-16H2,1-2H3/b24-22-. The fraction of sp³-hybridized carbons (Fsp3) is 0.231. The van der Waals surface area contributed by atoms with Crippen LogP contribution in [0.2, 0.25) is 0 Å². The Morgan fingerprint density at radius 1 is 1.00 bits per heavy atom. The third-order valence-corrected chi connectivity index (χ3v) is 5.63. The van der Waals surface area contributed by atoms with Gasteiger partial charge in [0.05, 0.1) is 24.8 Å². The zero-order valence-corrected chi connectivity index (χ0v) is 18.1. The van der Waals surface area contributed by atoms with Crippen molar-refractivity contribution in [3.8, 4) is 5.75 Å². The number of likely N-dealkylation sites (tertiary alicyclic amines) is 1. The molecular weight excluding hydrogens is 406 g/mol. The first kappa shape index (κ1) is 21.6. The number of hydrogen-bond donors (Lipinski definition) is 1. The predicted octanol–water partition coefficient (Wildman–Crippen LogP) is 4.31. The van der Waals surface area contributed by atoms with Crippen LogP contribution in [0.5, 0.6) is 5.75 Å². The maximum absolute atomic E-state index is 13.1. The molecule has 3 aromatic carbocycles. The molecular formula is C26H25NO5. The zero-order chi connectivity index (χ0) is 22.7. The van der Waals surface area contributed by atoms with Gasteiger partial charge in [-0.05, 0) is 35.4 Å². The number of fused-ring (bicyclic) bond motifs is 1. The van der Waals surface area contributed by atoms with Gasteiger partial charge in [0.1, 0.15) is 11.5 Å². The lowest BCUT2D eigenvalue weighted by Crippen LogP contribution is -2.32. The predicted molar refractivity (Wildman–Crippen MR) is 122 cm³/mol. The lowest BCUT2D eigenvalue weighted by molar-refractivity contribution is -0.140. The third-order valence-electron chi connectivity index (χ3n) is 5.63. The Labute approximate surface area is 186 Å². The Bertz CT molecular complexity index is 1180. The molecule has 0 aliphatic carbocycles. The summed E-state index contributed by atoms with van der Waals surface area (Å²) < 4.78 is 10.7. The van der Waals surface area contributed by atoms with Gasteiger partial charge in [0, 0.05) is 19.2 Å². The SMILES string of the molecule is CCOc1ccc(C2/C(=C(/O)c3cccc4ccccc34)C(=O)C(=O)N2CCOC)cc1. The molecule has 6 nitrogen and oxygen atoms in total. The van der Waals surface area contributed by atoms with E-state index in [4.69, 9.17) is 9.47 Å². The Morgan fingerprint density at radius 2 is 1.72 bits per heavy atom. The quantitative estimate of drug-likeness (QED) is 0.343. The van der Waals surface area contributed by atoms with Crippen molar-refractivity contribution < 1.29 is 24.2 Å². The van der Waals surface area contributed by atoms with Gasteiger partial charge in [-0.3, -0.25) is 9.59 Å². The summed E-state index contributed by atoms with van der Waals surface area (Å²) >= 11 is 0. The summed E-state index contributed by atoms with van der Waals surface area (Å²) in [6.07, 6.45) is 0. The minimum absolute atomic E-state index is 0.0756. The van der Waals surface area contributed by atoms with Crippen LogP contribution in [0.3, 0.4) is 0 Å². The fourth-order valence-electron chi connectivity index (χ4n) is 4.14. The van der Waals surface area contributed by atoms with Crippen molar-refractivity contribution in [1.29, 1.82) is 0 Å². The van der Waals surface area contributed by atoms with Gasteiger partial charge in [-0.15, -0.1) is 0 Å². The molecule has 1 unspecified atom stereocenters. The monoisotopic (exact) mass is 431 g/mol. The Morgan fingerprint density at radius 3 is 2.44 bits per heavy atom. The van der Waals surface area contributed by atoms with Gasteiger partial charge in [-0.1, -0.05) is 54.6 Å². The van der Waals surface area contributed by atoms with Gasteiger partial charge in [-0.2, -0.15) is 0 Å². The highest BCUT2D eigenvalue weighted by Gasteiger charge is 2.46. The summed E-state index contributed by atoms with van der Waals surface area (Å²) in [6.45, 7) is 2.94. The van der Waals surface area contributed by atoms with E-state index in [2.05, 4.69) is 0 Å². The van der Waals surface area contributed by atoms with Crippen LogP contribution >= 0.6 is 0 Å². The number of carbonyl (C=O) groups excluding carboxylic acids is 2. The number of ketones is 1. The Kier molecular flexibility index (Phi) is 6.23. The minimum atomic E-state index is -0.722. The van der Waals surface area contributed by atoms with Gasteiger partial charge in [0.15, 0.2) is 0 Å². The van der Waals surface area contributed by atoms with Crippen LogP contribution < -0.4 is 4.74 Å². The molecule has 0 aromatic heterocycles. The molecule has 1 amide bonds. The van der Waals surface area contributed by atoms with Crippen LogP contribution in [0.25, 0.3) is 16.5 Å². The number of hydrogen-bond acceptors (Lipinski definition) is 5. The number of aliphatic hydroxyl groups excluding tert-OH is 1. The number of rotatable bonds is 7. The molecule has 164 valence electrons. The van der Waals surface area contributed by atoms with E-state index in [0.29, 0.717) is 23.5 Å².